The van der Waals surface area contributed by atoms with Crippen molar-refractivity contribution in [1.29, 1.82) is 0 Å². The van der Waals surface area contributed by atoms with Crippen molar-refractivity contribution in [2.75, 3.05) is 13.1 Å². The fourth-order valence-electron chi connectivity index (χ4n) is 2.50. The van der Waals surface area contributed by atoms with Crippen LogP contribution in [0.2, 0.25) is 5.02 Å². The second kappa shape index (κ2) is 6.24. The molecule has 1 fully saturated rings. The maximum atomic E-state index is 11.9. The van der Waals surface area contributed by atoms with Gasteiger partial charge in [-0.2, -0.15) is 0 Å². The minimum absolute atomic E-state index is 0.0392. The topological polar surface area (TPSA) is 69.6 Å². The van der Waals surface area contributed by atoms with Crippen LogP contribution in [0.3, 0.4) is 0 Å². The lowest BCUT2D eigenvalue weighted by Gasteiger charge is -2.38. The normalized spacial score (nSPS) is 21.3. The zero-order chi connectivity index (χ0) is 14.7. The van der Waals surface area contributed by atoms with Crippen molar-refractivity contribution in [3.8, 4) is 0 Å². The van der Waals surface area contributed by atoms with E-state index in [0.717, 1.165) is 5.56 Å². The van der Waals surface area contributed by atoms with Gasteiger partial charge in [-0.15, -0.1) is 0 Å². The number of carboxylic acids is 1. The molecule has 0 aliphatic carbocycles. The third kappa shape index (κ3) is 3.29. The number of benzene rings is 1. The van der Waals surface area contributed by atoms with Gasteiger partial charge in [-0.05, 0) is 24.6 Å². The minimum Gasteiger partial charge on any atom is -0.481 e. The Bertz CT molecular complexity index is 504. The Morgan fingerprint density at radius 3 is 2.75 bits per heavy atom. The SMILES string of the molecule is CC(c1ccc(Cl)cc1)N1CCNC(=O)C1CC(=O)O. The van der Waals surface area contributed by atoms with E-state index in [2.05, 4.69) is 5.32 Å². The van der Waals surface area contributed by atoms with Gasteiger partial charge in [-0.1, -0.05) is 23.7 Å². The van der Waals surface area contributed by atoms with Gasteiger partial charge in [0.2, 0.25) is 5.91 Å². The molecule has 1 aliphatic heterocycles. The van der Waals surface area contributed by atoms with E-state index >= 15 is 0 Å². The highest BCUT2D eigenvalue weighted by Crippen LogP contribution is 2.26. The smallest absolute Gasteiger partial charge is 0.305 e. The van der Waals surface area contributed by atoms with Crippen molar-refractivity contribution in [1.82, 2.24) is 10.2 Å². The standard InChI is InChI=1S/C14H17ClN2O3/c1-9(10-2-4-11(15)5-3-10)17-7-6-16-14(20)12(17)8-13(18)19/h2-5,9,12H,6-8H2,1H3,(H,16,20)(H,18,19). The summed E-state index contributed by atoms with van der Waals surface area (Å²) in [4.78, 5) is 24.8. The van der Waals surface area contributed by atoms with Crippen LogP contribution < -0.4 is 5.32 Å². The zero-order valence-electron chi connectivity index (χ0n) is 11.2. The van der Waals surface area contributed by atoms with Gasteiger partial charge in [0.05, 0.1) is 6.42 Å². The number of rotatable bonds is 4. The molecule has 1 aromatic carbocycles. The van der Waals surface area contributed by atoms with Gasteiger partial charge in [0.1, 0.15) is 6.04 Å². The fraction of sp³-hybridized carbons (Fsp3) is 0.429. The van der Waals surface area contributed by atoms with Crippen LogP contribution in [0.1, 0.15) is 24.9 Å². The molecule has 20 heavy (non-hydrogen) atoms. The summed E-state index contributed by atoms with van der Waals surface area (Å²) in [5.74, 6) is -1.19. The first kappa shape index (κ1) is 14.8. The van der Waals surface area contributed by atoms with Crippen LogP contribution in [0.15, 0.2) is 24.3 Å². The summed E-state index contributed by atoms with van der Waals surface area (Å²) >= 11 is 5.87. The monoisotopic (exact) mass is 296 g/mol. The lowest BCUT2D eigenvalue weighted by Crippen LogP contribution is -2.56. The first-order valence-corrected chi connectivity index (χ1v) is 6.87. The summed E-state index contributed by atoms with van der Waals surface area (Å²) in [6.07, 6.45) is -0.191. The first-order chi connectivity index (χ1) is 9.49. The van der Waals surface area contributed by atoms with Crippen molar-refractivity contribution in [3.05, 3.63) is 34.9 Å². The number of hydrogen-bond acceptors (Lipinski definition) is 3. The Kier molecular flexibility index (Phi) is 4.62. The van der Waals surface area contributed by atoms with Gasteiger partial charge in [0, 0.05) is 24.2 Å². The lowest BCUT2D eigenvalue weighted by atomic mass is 10.0. The van der Waals surface area contributed by atoms with Gasteiger partial charge >= 0.3 is 5.97 Å². The second-order valence-corrected chi connectivity index (χ2v) is 5.31. The predicted molar refractivity (Wildman–Crippen MR) is 75.6 cm³/mol. The van der Waals surface area contributed by atoms with E-state index in [1.165, 1.54) is 0 Å². The Labute approximate surface area is 122 Å². The number of hydrogen-bond donors (Lipinski definition) is 2. The minimum atomic E-state index is -0.972. The highest BCUT2D eigenvalue weighted by molar-refractivity contribution is 6.30. The van der Waals surface area contributed by atoms with Crippen LogP contribution in [0, 0.1) is 0 Å². The van der Waals surface area contributed by atoms with E-state index in [9.17, 15) is 9.59 Å². The van der Waals surface area contributed by atoms with Crippen LogP contribution in [-0.2, 0) is 9.59 Å². The number of carboxylic acid groups (broad SMARTS) is 1. The number of piperazine rings is 1. The van der Waals surface area contributed by atoms with E-state index in [1.54, 1.807) is 12.1 Å². The number of amides is 1. The Hall–Kier alpha value is -1.59. The Morgan fingerprint density at radius 2 is 2.15 bits per heavy atom. The highest BCUT2D eigenvalue weighted by Gasteiger charge is 2.34. The van der Waals surface area contributed by atoms with Crippen LogP contribution in [0.25, 0.3) is 0 Å². The van der Waals surface area contributed by atoms with E-state index in [-0.39, 0.29) is 18.4 Å². The highest BCUT2D eigenvalue weighted by atomic mass is 35.5. The molecule has 5 nitrogen and oxygen atoms in total. The average Bonchev–Trinajstić information content (AvgIpc) is 2.41. The molecule has 1 aromatic rings. The van der Waals surface area contributed by atoms with Crippen molar-refractivity contribution >= 4 is 23.5 Å². The lowest BCUT2D eigenvalue weighted by molar-refractivity contribution is -0.143. The van der Waals surface area contributed by atoms with E-state index in [1.807, 2.05) is 24.0 Å². The third-order valence-electron chi connectivity index (χ3n) is 3.59. The molecule has 0 aromatic heterocycles. The molecule has 6 heteroatoms. The molecule has 108 valence electrons. The quantitative estimate of drug-likeness (QED) is 0.887. The first-order valence-electron chi connectivity index (χ1n) is 6.49. The molecule has 1 aliphatic rings. The number of aliphatic carboxylic acids is 1. The van der Waals surface area contributed by atoms with E-state index < -0.39 is 12.0 Å². The molecule has 2 atom stereocenters. The maximum absolute atomic E-state index is 11.9. The largest absolute Gasteiger partial charge is 0.481 e. The summed E-state index contributed by atoms with van der Waals surface area (Å²) in [6, 6.07) is 6.72. The molecule has 1 saturated heterocycles. The Morgan fingerprint density at radius 1 is 1.50 bits per heavy atom. The molecule has 0 saturated carbocycles. The third-order valence-corrected chi connectivity index (χ3v) is 3.84. The summed E-state index contributed by atoms with van der Waals surface area (Å²) in [7, 11) is 0. The van der Waals surface area contributed by atoms with Crippen LogP contribution >= 0.6 is 11.6 Å². The van der Waals surface area contributed by atoms with Crippen LogP contribution in [0.5, 0.6) is 0 Å². The second-order valence-electron chi connectivity index (χ2n) is 4.87. The average molecular weight is 297 g/mol. The van der Waals surface area contributed by atoms with Crippen molar-refractivity contribution in [3.63, 3.8) is 0 Å². The molecule has 0 bridgehead atoms. The van der Waals surface area contributed by atoms with Gasteiger partial charge in [-0.25, -0.2) is 0 Å². The molecular weight excluding hydrogens is 280 g/mol. The maximum Gasteiger partial charge on any atom is 0.305 e. The Balaban J connectivity index is 2.20. The molecule has 2 unspecified atom stereocenters. The van der Waals surface area contributed by atoms with Gasteiger partial charge < -0.3 is 10.4 Å². The molecule has 0 radical (unpaired) electrons. The fourth-order valence-corrected chi connectivity index (χ4v) is 2.63. The molecule has 0 spiro atoms. The number of carbonyl (C=O) groups is 2. The predicted octanol–water partition coefficient (Wildman–Crippen LogP) is 1.68. The van der Waals surface area contributed by atoms with Gasteiger partial charge in [-0.3, -0.25) is 14.5 Å². The van der Waals surface area contributed by atoms with Crippen LogP contribution in [0.4, 0.5) is 0 Å². The van der Waals surface area contributed by atoms with Gasteiger partial charge in [0.25, 0.3) is 0 Å². The number of halogens is 1. The molecule has 2 N–H and O–H groups in total. The van der Waals surface area contributed by atoms with Gasteiger partial charge in [0.15, 0.2) is 0 Å². The van der Waals surface area contributed by atoms with Crippen molar-refractivity contribution < 1.29 is 14.7 Å². The molecule has 1 amide bonds. The van der Waals surface area contributed by atoms with E-state index in [0.29, 0.717) is 18.1 Å². The summed E-state index contributed by atoms with van der Waals surface area (Å²) in [6.45, 7) is 3.14. The van der Waals surface area contributed by atoms with Crippen molar-refractivity contribution in [2.24, 2.45) is 0 Å². The van der Waals surface area contributed by atoms with E-state index in [4.69, 9.17) is 16.7 Å². The van der Waals surface area contributed by atoms with Crippen molar-refractivity contribution in [2.45, 2.75) is 25.4 Å². The number of carbonyl (C=O) groups excluding carboxylic acids is 1. The summed E-state index contributed by atoms with van der Waals surface area (Å²) in [5.41, 5.74) is 1.01. The summed E-state index contributed by atoms with van der Waals surface area (Å²) in [5, 5.41) is 12.3. The summed E-state index contributed by atoms with van der Waals surface area (Å²) < 4.78 is 0. The molecular formula is C14H17ClN2O3. The number of nitrogens with one attached hydrogen (secondary N) is 1. The van der Waals surface area contributed by atoms with Crippen LogP contribution in [-0.4, -0.2) is 41.0 Å². The molecule has 1 heterocycles. The zero-order valence-corrected chi connectivity index (χ0v) is 11.9. The molecule has 2 rings (SSSR count). The number of nitrogens with zero attached hydrogens (tertiary/aromatic N) is 1.